The zero-order valence-corrected chi connectivity index (χ0v) is 11.5. The Morgan fingerprint density at radius 2 is 1.76 bits per heavy atom. The van der Waals surface area contributed by atoms with Crippen molar-refractivity contribution in [2.24, 2.45) is 5.73 Å². The van der Waals surface area contributed by atoms with E-state index in [0.29, 0.717) is 6.54 Å². The second kappa shape index (κ2) is 5.63. The molecule has 2 aromatic carbocycles. The summed E-state index contributed by atoms with van der Waals surface area (Å²) in [7, 11) is 0. The molecular formula is C17H16N4. The fourth-order valence-electron chi connectivity index (χ4n) is 2.39. The summed E-state index contributed by atoms with van der Waals surface area (Å²) < 4.78 is 2.07. The smallest absolute Gasteiger partial charge is 0.140 e. The highest BCUT2D eigenvalue weighted by molar-refractivity contribution is 5.96. The molecule has 4 nitrogen and oxygen atoms in total. The molecule has 0 bridgehead atoms. The van der Waals surface area contributed by atoms with Crippen LogP contribution in [0.3, 0.4) is 0 Å². The molecule has 3 N–H and O–H groups in total. The minimum atomic E-state index is 0.0898. The number of hydrogen-bond acceptors (Lipinski definition) is 2. The lowest BCUT2D eigenvalue weighted by atomic mass is 10.1. The number of nitrogens with two attached hydrogens (primary N) is 1. The molecule has 4 heteroatoms. The zero-order chi connectivity index (χ0) is 14.7. The topological polar surface area (TPSA) is 67.7 Å². The molecule has 0 aliphatic heterocycles. The van der Waals surface area contributed by atoms with Gasteiger partial charge in [-0.25, -0.2) is 4.98 Å². The summed E-state index contributed by atoms with van der Waals surface area (Å²) in [6, 6.07) is 17.8. The van der Waals surface area contributed by atoms with E-state index in [1.807, 2.05) is 60.8 Å². The van der Waals surface area contributed by atoms with Gasteiger partial charge in [-0.05, 0) is 5.56 Å². The van der Waals surface area contributed by atoms with Gasteiger partial charge in [0, 0.05) is 30.1 Å². The van der Waals surface area contributed by atoms with Crippen molar-refractivity contribution in [1.82, 2.24) is 9.55 Å². The Labute approximate surface area is 123 Å². The Balaban J connectivity index is 1.98. The van der Waals surface area contributed by atoms with Gasteiger partial charge in [-0.15, -0.1) is 0 Å². The van der Waals surface area contributed by atoms with E-state index in [2.05, 4.69) is 9.55 Å². The molecule has 0 saturated carbocycles. The fourth-order valence-corrected chi connectivity index (χ4v) is 2.39. The summed E-state index contributed by atoms with van der Waals surface area (Å²) in [6.45, 7) is 0.639. The maximum Gasteiger partial charge on any atom is 0.140 e. The van der Waals surface area contributed by atoms with Gasteiger partial charge >= 0.3 is 0 Å². The highest BCUT2D eigenvalue weighted by Crippen LogP contribution is 2.19. The quantitative estimate of drug-likeness (QED) is 0.568. The van der Waals surface area contributed by atoms with Gasteiger partial charge in [0.15, 0.2) is 0 Å². The van der Waals surface area contributed by atoms with E-state index in [9.17, 15) is 0 Å². The van der Waals surface area contributed by atoms with E-state index in [1.54, 1.807) is 6.20 Å². The van der Waals surface area contributed by atoms with E-state index in [0.717, 1.165) is 22.5 Å². The first-order valence-corrected chi connectivity index (χ1v) is 6.74. The van der Waals surface area contributed by atoms with Crippen molar-refractivity contribution in [2.75, 3.05) is 0 Å². The number of imidazole rings is 1. The highest BCUT2D eigenvalue weighted by atomic mass is 15.1. The maximum absolute atomic E-state index is 7.68. The van der Waals surface area contributed by atoms with Gasteiger partial charge in [0.25, 0.3) is 0 Å². The Kier molecular flexibility index (Phi) is 3.51. The summed E-state index contributed by atoms with van der Waals surface area (Å²) in [5, 5.41) is 7.68. The van der Waals surface area contributed by atoms with Gasteiger partial charge in [-0.3, -0.25) is 5.41 Å². The first-order valence-electron chi connectivity index (χ1n) is 6.74. The molecule has 0 radical (unpaired) electrons. The van der Waals surface area contributed by atoms with E-state index in [4.69, 9.17) is 11.1 Å². The molecule has 0 aliphatic carbocycles. The number of benzene rings is 2. The average Bonchev–Trinajstić information content (AvgIpc) is 2.96. The minimum Gasteiger partial charge on any atom is -0.384 e. The molecule has 21 heavy (non-hydrogen) atoms. The molecule has 0 aliphatic rings. The number of nitrogens with zero attached hydrogens (tertiary/aromatic N) is 2. The summed E-state index contributed by atoms with van der Waals surface area (Å²) in [5.74, 6) is 1.00. The monoisotopic (exact) mass is 276 g/mol. The average molecular weight is 276 g/mol. The van der Waals surface area contributed by atoms with Crippen LogP contribution in [0.2, 0.25) is 0 Å². The highest BCUT2D eigenvalue weighted by Gasteiger charge is 2.09. The fraction of sp³-hybridized carbons (Fsp3) is 0.0588. The van der Waals surface area contributed by atoms with Crippen LogP contribution in [0.25, 0.3) is 11.4 Å². The van der Waals surface area contributed by atoms with Crippen LogP contribution in [0.4, 0.5) is 0 Å². The van der Waals surface area contributed by atoms with Crippen LogP contribution in [0, 0.1) is 5.41 Å². The molecule has 0 fully saturated rings. The lowest BCUT2D eigenvalue weighted by molar-refractivity contribution is 0.805. The van der Waals surface area contributed by atoms with Crippen molar-refractivity contribution in [3.05, 3.63) is 78.1 Å². The van der Waals surface area contributed by atoms with Crippen LogP contribution >= 0.6 is 0 Å². The predicted octanol–water partition coefficient (Wildman–Crippen LogP) is 2.88. The molecule has 0 amide bonds. The molecular weight excluding hydrogens is 260 g/mol. The first-order chi connectivity index (χ1) is 10.3. The first kappa shape index (κ1) is 13.1. The second-order valence-corrected chi connectivity index (χ2v) is 4.82. The van der Waals surface area contributed by atoms with Crippen molar-refractivity contribution in [3.8, 4) is 11.4 Å². The number of aromatic nitrogens is 2. The third-order valence-electron chi connectivity index (χ3n) is 3.40. The summed E-state index contributed by atoms with van der Waals surface area (Å²) >= 11 is 0. The number of rotatable bonds is 4. The van der Waals surface area contributed by atoms with E-state index < -0.39 is 0 Å². The van der Waals surface area contributed by atoms with Crippen molar-refractivity contribution in [1.29, 1.82) is 5.41 Å². The van der Waals surface area contributed by atoms with Crippen molar-refractivity contribution >= 4 is 5.84 Å². The summed E-state index contributed by atoms with van der Waals surface area (Å²) in [5.41, 5.74) is 8.51. The molecule has 3 aromatic rings. The largest absolute Gasteiger partial charge is 0.384 e. The third-order valence-corrected chi connectivity index (χ3v) is 3.40. The second-order valence-electron chi connectivity index (χ2n) is 4.82. The molecule has 1 aromatic heterocycles. The molecule has 0 spiro atoms. The van der Waals surface area contributed by atoms with E-state index in [1.165, 1.54) is 0 Å². The standard InChI is InChI=1S/C17H16N4/c18-16(19)15-9-5-4-8-14(15)12-21-11-10-20-17(21)13-6-2-1-3-7-13/h1-11H,12H2,(H3,18,19). The maximum atomic E-state index is 7.68. The van der Waals surface area contributed by atoms with Gasteiger partial charge in [0.2, 0.25) is 0 Å². The van der Waals surface area contributed by atoms with Gasteiger partial charge in [0.1, 0.15) is 11.7 Å². The van der Waals surface area contributed by atoms with Crippen molar-refractivity contribution in [2.45, 2.75) is 6.54 Å². The van der Waals surface area contributed by atoms with Crippen LogP contribution in [-0.2, 0) is 6.54 Å². The number of nitrogen functional groups attached to an aromatic ring is 1. The van der Waals surface area contributed by atoms with E-state index >= 15 is 0 Å². The summed E-state index contributed by atoms with van der Waals surface area (Å²) in [4.78, 5) is 4.44. The summed E-state index contributed by atoms with van der Waals surface area (Å²) in [6.07, 6.45) is 3.73. The predicted molar refractivity (Wildman–Crippen MR) is 84.2 cm³/mol. The van der Waals surface area contributed by atoms with Gasteiger partial charge in [0.05, 0.1) is 0 Å². The number of nitrogens with one attached hydrogen (secondary N) is 1. The van der Waals surface area contributed by atoms with Gasteiger partial charge in [-0.1, -0.05) is 54.6 Å². The molecule has 0 atom stereocenters. The van der Waals surface area contributed by atoms with Crippen molar-refractivity contribution < 1.29 is 0 Å². The molecule has 3 rings (SSSR count). The Morgan fingerprint density at radius 3 is 2.52 bits per heavy atom. The molecule has 0 saturated heterocycles. The Hall–Kier alpha value is -2.88. The number of amidine groups is 1. The minimum absolute atomic E-state index is 0.0898. The zero-order valence-electron chi connectivity index (χ0n) is 11.5. The van der Waals surface area contributed by atoms with Crippen LogP contribution in [0.15, 0.2) is 67.0 Å². The van der Waals surface area contributed by atoms with Crippen molar-refractivity contribution in [3.63, 3.8) is 0 Å². The molecule has 104 valence electrons. The van der Waals surface area contributed by atoms with Crippen LogP contribution in [0.1, 0.15) is 11.1 Å². The van der Waals surface area contributed by atoms with Crippen LogP contribution < -0.4 is 5.73 Å². The molecule has 0 unspecified atom stereocenters. The van der Waals surface area contributed by atoms with Crippen LogP contribution in [0.5, 0.6) is 0 Å². The number of hydrogen-bond donors (Lipinski definition) is 2. The normalized spacial score (nSPS) is 10.5. The van der Waals surface area contributed by atoms with Gasteiger partial charge in [-0.2, -0.15) is 0 Å². The SMILES string of the molecule is N=C(N)c1ccccc1Cn1ccnc1-c1ccccc1. The molecule has 1 heterocycles. The van der Waals surface area contributed by atoms with E-state index in [-0.39, 0.29) is 5.84 Å². The third kappa shape index (κ3) is 2.69. The Bertz CT molecular complexity index is 759. The van der Waals surface area contributed by atoms with Crippen LogP contribution in [-0.4, -0.2) is 15.4 Å². The Morgan fingerprint density at radius 1 is 1.05 bits per heavy atom. The van der Waals surface area contributed by atoms with Gasteiger partial charge < -0.3 is 10.3 Å². The lowest BCUT2D eigenvalue weighted by Crippen LogP contribution is -2.15. The lowest BCUT2D eigenvalue weighted by Gasteiger charge is -2.11.